The van der Waals surface area contributed by atoms with E-state index in [2.05, 4.69) is 69.9 Å². The molecular weight excluding hydrogens is 292 g/mol. The maximum atomic E-state index is 4.64. The third-order valence-electron chi connectivity index (χ3n) is 3.45. The summed E-state index contributed by atoms with van der Waals surface area (Å²) < 4.78 is 2.30. The van der Waals surface area contributed by atoms with Gasteiger partial charge in [0.25, 0.3) is 0 Å². The Kier molecular flexibility index (Phi) is 7.16. The van der Waals surface area contributed by atoms with Gasteiger partial charge >= 0.3 is 0 Å². The van der Waals surface area contributed by atoms with Crippen LogP contribution in [-0.2, 0) is 6.54 Å². The maximum absolute atomic E-state index is 4.64. The number of aryl methyl sites for hydroxylation is 1. The minimum atomic E-state index is 0.834. The van der Waals surface area contributed by atoms with Gasteiger partial charge in [-0.05, 0) is 37.1 Å². The van der Waals surface area contributed by atoms with Crippen molar-refractivity contribution in [2.75, 3.05) is 31.6 Å². The number of hydrogen-bond donors (Lipinski definition) is 2. The zero-order valence-electron chi connectivity index (χ0n) is 13.5. The Morgan fingerprint density at radius 3 is 2.91 bits per heavy atom. The quantitative estimate of drug-likeness (QED) is 0.447. The summed E-state index contributed by atoms with van der Waals surface area (Å²) in [6, 6.07) is 10.7. The Balaban J connectivity index is 1.82. The Hall–Kier alpha value is -1.62. The summed E-state index contributed by atoms with van der Waals surface area (Å²) in [6.45, 7) is 5.78. The van der Waals surface area contributed by atoms with Crippen LogP contribution in [0.4, 0.5) is 0 Å². The normalized spacial score (nSPS) is 11.8. The molecule has 1 aromatic heterocycles. The molecule has 0 aliphatic carbocycles. The lowest BCUT2D eigenvalue weighted by Gasteiger charge is -2.10. The number of para-hydroxylation sites is 1. The standard InChI is InChI=1S/C17H26N4S/c1-3-18-17(20-11-14-22-2)19-10-6-12-21-13-9-15-7-4-5-8-16(15)21/h4-5,7-9,13H,3,6,10-12,14H2,1-2H3,(H2,18,19,20). The third-order valence-corrected chi connectivity index (χ3v) is 4.06. The van der Waals surface area contributed by atoms with Gasteiger partial charge < -0.3 is 15.2 Å². The lowest BCUT2D eigenvalue weighted by molar-refractivity contribution is 0.667. The molecule has 0 aliphatic heterocycles. The second kappa shape index (κ2) is 9.41. The fourth-order valence-corrected chi connectivity index (χ4v) is 2.69. The van der Waals surface area contributed by atoms with Gasteiger partial charge in [-0.15, -0.1) is 0 Å². The minimum absolute atomic E-state index is 0.834. The number of nitrogens with one attached hydrogen (secondary N) is 2. The number of rotatable bonds is 8. The van der Waals surface area contributed by atoms with Crippen LogP contribution in [0.25, 0.3) is 10.9 Å². The molecule has 0 saturated heterocycles. The van der Waals surface area contributed by atoms with Crippen LogP contribution in [0, 0.1) is 0 Å². The molecule has 1 aromatic carbocycles. The molecule has 0 amide bonds. The number of hydrogen-bond acceptors (Lipinski definition) is 2. The highest BCUT2D eigenvalue weighted by Gasteiger charge is 2.00. The van der Waals surface area contributed by atoms with Gasteiger partial charge in [-0.1, -0.05) is 18.2 Å². The Bertz CT molecular complexity index is 591. The minimum Gasteiger partial charge on any atom is -0.357 e. The lowest BCUT2D eigenvalue weighted by Crippen LogP contribution is -2.38. The first-order chi connectivity index (χ1) is 10.8. The van der Waals surface area contributed by atoms with Gasteiger partial charge in [-0.3, -0.25) is 4.99 Å². The monoisotopic (exact) mass is 318 g/mol. The third kappa shape index (κ3) is 4.98. The second-order valence-electron chi connectivity index (χ2n) is 5.10. The molecule has 2 rings (SSSR count). The van der Waals surface area contributed by atoms with E-state index >= 15 is 0 Å². The van der Waals surface area contributed by atoms with E-state index in [1.807, 2.05) is 11.8 Å². The van der Waals surface area contributed by atoms with Gasteiger partial charge in [0.2, 0.25) is 0 Å². The first-order valence-corrected chi connectivity index (χ1v) is 9.29. The highest BCUT2D eigenvalue weighted by atomic mass is 32.2. The number of fused-ring (bicyclic) bond motifs is 1. The zero-order valence-corrected chi connectivity index (χ0v) is 14.3. The molecule has 0 atom stereocenters. The van der Waals surface area contributed by atoms with Crippen LogP contribution < -0.4 is 10.6 Å². The van der Waals surface area contributed by atoms with Crippen molar-refractivity contribution in [1.29, 1.82) is 0 Å². The zero-order chi connectivity index (χ0) is 15.6. The van der Waals surface area contributed by atoms with Gasteiger partial charge in [-0.2, -0.15) is 11.8 Å². The number of benzene rings is 1. The molecule has 0 aliphatic rings. The highest BCUT2D eigenvalue weighted by Crippen LogP contribution is 2.15. The van der Waals surface area contributed by atoms with E-state index in [9.17, 15) is 0 Å². The second-order valence-corrected chi connectivity index (χ2v) is 6.09. The average molecular weight is 318 g/mol. The largest absolute Gasteiger partial charge is 0.357 e. The topological polar surface area (TPSA) is 41.4 Å². The summed E-state index contributed by atoms with van der Waals surface area (Å²) in [5.41, 5.74) is 1.30. The van der Waals surface area contributed by atoms with Crippen LogP contribution in [0.2, 0.25) is 0 Å². The Morgan fingerprint density at radius 2 is 2.09 bits per heavy atom. The van der Waals surface area contributed by atoms with E-state index in [0.29, 0.717) is 0 Å². The molecule has 22 heavy (non-hydrogen) atoms. The van der Waals surface area contributed by atoms with Crippen molar-refractivity contribution in [3.8, 4) is 0 Å². The fourth-order valence-electron chi connectivity index (χ4n) is 2.38. The number of aliphatic imine (C=N–C) groups is 1. The molecule has 5 heteroatoms. The van der Waals surface area contributed by atoms with Crippen LogP contribution in [0.3, 0.4) is 0 Å². The molecule has 0 bridgehead atoms. The van der Waals surface area contributed by atoms with Crippen molar-refractivity contribution in [3.05, 3.63) is 36.5 Å². The summed E-state index contributed by atoms with van der Waals surface area (Å²) in [6.07, 6.45) is 5.32. The van der Waals surface area contributed by atoms with Gasteiger partial charge in [-0.25, -0.2) is 0 Å². The van der Waals surface area contributed by atoms with Crippen LogP contribution in [-0.4, -0.2) is 42.2 Å². The molecule has 2 aromatic rings. The van der Waals surface area contributed by atoms with Crippen LogP contribution in [0.15, 0.2) is 41.5 Å². The van der Waals surface area contributed by atoms with Gasteiger partial charge in [0.15, 0.2) is 5.96 Å². The van der Waals surface area contributed by atoms with E-state index in [-0.39, 0.29) is 0 Å². The molecule has 120 valence electrons. The maximum Gasteiger partial charge on any atom is 0.191 e. The van der Waals surface area contributed by atoms with E-state index in [4.69, 9.17) is 0 Å². The average Bonchev–Trinajstić information content (AvgIpc) is 2.95. The molecule has 0 spiro atoms. The summed E-state index contributed by atoms with van der Waals surface area (Å²) >= 11 is 1.84. The molecule has 1 heterocycles. The van der Waals surface area contributed by atoms with Crippen molar-refractivity contribution >= 4 is 28.6 Å². The van der Waals surface area contributed by atoms with E-state index in [1.165, 1.54) is 10.9 Å². The first kappa shape index (κ1) is 16.7. The lowest BCUT2D eigenvalue weighted by atomic mass is 10.2. The number of nitrogens with zero attached hydrogens (tertiary/aromatic N) is 2. The van der Waals surface area contributed by atoms with Crippen LogP contribution in [0.1, 0.15) is 13.3 Å². The molecule has 0 saturated carbocycles. The smallest absolute Gasteiger partial charge is 0.191 e. The first-order valence-electron chi connectivity index (χ1n) is 7.90. The van der Waals surface area contributed by atoms with Gasteiger partial charge in [0.05, 0.1) is 0 Å². The van der Waals surface area contributed by atoms with Crippen molar-refractivity contribution in [1.82, 2.24) is 15.2 Å². The number of guanidine groups is 1. The Morgan fingerprint density at radius 1 is 1.23 bits per heavy atom. The molecular formula is C17H26N4S. The number of aromatic nitrogens is 1. The van der Waals surface area contributed by atoms with Crippen molar-refractivity contribution in [2.24, 2.45) is 4.99 Å². The molecule has 0 fully saturated rings. The fraction of sp³-hybridized carbons (Fsp3) is 0.471. The van der Waals surface area contributed by atoms with Crippen molar-refractivity contribution < 1.29 is 0 Å². The summed E-state index contributed by atoms with van der Waals surface area (Å²) in [5, 5.41) is 7.95. The molecule has 0 radical (unpaired) electrons. The van der Waals surface area contributed by atoms with E-state index in [1.54, 1.807) is 0 Å². The Labute approximate surface area is 137 Å². The van der Waals surface area contributed by atoms with E-state index < -0.39 is 0 Å². The SMILES string of the molecule is CCNC(=NCCCn1ccc2ccccc21)NCCSC. The summed E-state index contributed by atoms with van der Waals surface area (Å²) in [4.78, 5) is 4.64. The molecule has 4 nitrogen and oxygen atoms in total. The predicted octanol–water partition coefficient (Wildman–Crippen LogP) is 2.95. The molecule has 0 unspecified atom stereocenters. The highest BCUT2D eigenvalue weighted by molar-refractivity contribution is 7.98. The van der Waals surface area contributed by atoms with Gasteiger partial charge in [0.1, 0.15) is 0 Å². The molecule has 2 N–H and O–H groups in total. The summed E-state index contributed by atoms with van der Waals surface area (Å²) in [5.74, 6) is 2.02. The van der Waals surface area contributed by atoms with Gasteiger partial charge in [0, 0.05) is 43.6 Å². The van der Waals surface area contributed by atoms with Crippen LogP contribution in [0.5, 0.6) is 0 Å². The summed E-state index contributed by atoms with van der Waals surface area (Å²) in [7, 11) is 0. The van der Waals surface area contributed by atoms with E-state index in [0.717, 1.165) is 44.3 Å². The van der Waals surface area contributed by atoms with Crippen molar-refractivity contribution in [2.45, 2.75) is 19.9 Å². The predicted molar refractivity (Wildman–Crippen MR) is 98.9 cm³/mol. The van der Waals surface area contributed by atoms with Crippen LogP contribution >= 0.6 is 11.8 Å². The van der Waals surface area contributed by atoms with Crippen molar-refractivity contribution in [3.63, 3.8) is 0 Å². The number of thioether (sulfide) groups is 1.